The van der Waals surface area contributed by atoms with Crippen molar-refractivity contribution in [2.45, 2.75) is 33.6 Å². The SMILES string of the molecule is CC.CCCOc1ccccc1CC(=O)O. The van der Waals surface area contributed by atoms with E-state index < -0.39 is 5.97 Å². The molecule has 3 heteroatoms. The fourth-order valence-corrected chi connectivity index (χ4v) is 1.17. The summed E-state index contributed by atoms with van der Waals surface area (Å²) in [5.41, 5.74) is 0.730. The molecule has 0 atom stereocenters. The summed E-state index contributed by atoms with van der Waals surface area (Å²) in [5, 5.41) is 8.66. The van der Waals surface area contributed by atoms with Gasteiger partial charge in [0.05, 0.1) is 13.0 Å². The second-order valence-corrected chi connectivity index (χ2v) is 3.03. The summed E-state index contributed by atoms with van der Waals surface area (Å²) in [6.07, 6.45) is 0.932. The van der Waals surface area contributed by atoms with Crippen LogP contribution in [0.15, 0.2) is 24.3 Å². The third-order valence-corrected chi connectivity index (χ3v) is 1.78. The number of aliphatic carboxylic acids is 1. The number of benzene rings is 1. The largest absolute Gasteiger partial charge is 0.493 e. The Morgan fingerprint density at radius 3 is 2.50 bits per heavy atom. The monoisotopic (exact) mass is 224 g/mol. The van der Waals surface area contributed by atoms with Gasteiger partial charge in [0.15, 0.2) is 0 Å². The van der Waals surface area contributed by atoms with Gasteiger partial charge in [-0.25, -0.2) is 0 Å². The first-order valence-electron chi connectivity index (χ1n) is 5.66. The van der Waals surface area contributed by atoms with Gasteiger partial charge >= 0.3 is 5.97 Å². The van der Waals surface area contributed by atoms with E-state index in [0.29, 0.717) is 12.4 Å². The molecule has 0 heterocycles. The van der Waals surface area contributed by atoms with Crippen LogP contribution >= 0.6 is 0 Å². The Hall–Kier alpha value is -1.51. The summed E-state index contributed by atoms with van der Waals surface area (Å²) in [5.74, 6) is -0.158. The van der Waals surface area contributed by atoms with Crippen molar-refractivity contribution in [1.82, 2.24) is 0 Å². The third kappa shape index (κ3) is 5.39. The lowest BCUT2D eigenvalue weighted by Gasteiger charge is -2.08. The van der Waals surface area contributed by atoms with Crippen molar-refractivity contribution in [2.75, 3.05) is 6.61 Å². The maximum Gasteiger partial charge on any atom is 0.307 e. The summed E-state index contributed by atoms with van der Waals surface area (Å²) < 4.78 is 5.42. The van der Waals surface area contributed by atoms with Gasteiger partial charge in [0.1, 0.15) is 5.75 Å². The first-order valence-corrected chi connectivity index (χ1v) is 5.66. The number of para-hydroxylation sites is 1. The maximum atomic E-state index is 10.5. The number of carboxylic acid groups (broad SMARTS) is 1. The van der Waals surface area contributed by atoms with Gasteiger partial charge in [0.25, 0.3) is 0 Å². The van der Waals surface area contributed by atoms with E-state index in [1.165, 1.54) is 0 Å². The molecule has 3 nitrogen and oxygen atoms in total. The van der Waals surface area contributed by atoms with Gasteiger partial charge in [0.2, 0.25) is 0 Å². The van der Waals surface area contributed by atoms with Crippen LogP contribution in [-0.2, 0) is 11.2 Å². The third-order valence-electron chi connectivity index (χ3n) is 1.78. The Morgan fingerprint density at radius 2 is 1.94 bits per heavy atom. The normalized spacial score (nSPS) is 8.94. The van der Waals surface area contributed by atoms with E-state index in [9.17, 15) is 4.79 Å². The highest BCUT2D eigenvalue weighted by Gasteiger charge is 2.06. The standard InChI is InChI=1S/C11H14O3.C2H6/c1-2-7-14-10-6-4-3-5-9(10)8-11(12)13;1-2/h3-6H,2,7-8H2,1H3,(H,12,13);1-2H3. The van der Waals surface area contributed by atoms with E-state index in [1.807, 2.05) is 32.9 Å². The molecule has 0 bridgehead atoms. The zero-order valence-corrected chi connectivity index (χ0v) is 10.2. The van der Waals surface area contributed by atoms with Crippen LogP contribution in [-0.4, -0.2) is 17.7 Å². The van der Waals surface area contributed by atoms with Crippen molar-refractivity contribution in [3.8, 4) is 5.75 Å². The van der Waals surface area contributed by atoms with Gasteiger partial charge in [0, 0.05) is 5.56 Å². The second-order valence-electron chi connectivity index (χ2n) is 3.03. The first-order chi connectivity index (χ1) is 7.74. The fraction of sp³-hybridized carbons (Fsp3) is 0.462. The van der Waals surface area contributed by atoms with E-state index in [1.54, 1.807) is 12.1 Å². The highest BCUT2D eigenvalue weighted by atomic mass is 16.5. The molecule has 1 aromatic rings. The molecule has 0 aromatic heterocycles. The number of hydrogen-bond donors (Lipinski definition) is 1. The van der Waals surface area contributed by atoms with Crippen LogP contribution in [0.3, 0.4) is 0 Å². The summed E-state index contributed by atoms with van der Waals surface area (Å²) in [6, 6.07) is 7.24. The predicted molar refractivity (Wildman–Crippen MR) is 64.9 cm³/mol. The number of carboxylic acids is 1. The smallest absolute Gasteiger partial charge is 0.307 e. The van der Waals surface area contributed by atoms with Gasteiger partial charge in [-0.3, -0.25) is 4.79 Å². The maximum absolute atomic E-state index is 10.5. The summed E-state index contributed by atoms with van der Waals surface area (Å²) in [7, 11) is 0. The lowest BCUT2D eigenvalue weighted by Crippen LogP contribution is -2.04. The van der Waals surface area contributed by atoms with Crippen molar-refractivity contribution in [3.05, 3.63) is 29.8 Å². The zero-order valence-electron chi connectivity index (χ0n) is 10.2. The molecular weight excluding hydrogens is 204 g/mol. The summed E-state index contributed by atoms with van der Waals surface area (Å²) in [6.45, 7) is 6.64. The lowest BCUT2D eigenvalue weighted by molar-refractivity contribution is -0.136. The molecule has 1 N–H and O–H groups in total. The lowest BCUT2D eigenvalue weighted by atomic mass is 10.1. The topological polar surface area (TPSA) is 46.5 Å². The second kappa shape index (κ2) is 8.77. The van der Waals surface area contributed by atoms with Crippen LogP contribution in [0.4, 0.5) is 0 Å². The molecule has 16 heavy (non-hydrogen) atoms. The van der Waals surface area contributed by atoms with Gasteiger partial charge < -0.3 is 9.84 Å². The van der Waals surface area contributed by atoms with Crippen molar-refractivity contribution in [2.24, 2.45) is 0 Å². The van der Waals surface area contributed by atoms with E-state index in [0.717, 1.165) is 12.0 Å². The van der Waals surface area contributed by atoms with Crippen molar-refractivity contribution in [3.63, 3.8) is 0 Å². The van der Waals surface area contributed by atoms with Gasteiger partial charge in [-0.2, -0.15) is 0 Å². The minimum atomic E-state index is -0.836. The highest BCUT2D eigenvalue weighted by Crippen LogP contribution is 2.18. The molecule has 0 radical (unpaired) electrons. The quantitative estimate of drug-likeness (QED) is 0.835. The van der Waals surface area contributed by atoms with Crippen molar-refractivity contribution >= 4 is 5.97 Å². The number of hydrogen-bond acceptors (Lipinski definition) is 2. The molecule has 0 saturated heterocycles. The van der Waals surface area contributed by atoms with E-state index in [-0.39, 0.29) is 6.42 Å². The number of ether oxygens (including phenoxy) is 1. The Bertz CT molecular complexity index is 308. The molecule has 0 aliphatic carbocycles. The Kier molecular flexibility index (Phi) is 7.94. The van der Waals surface area contributed by atoms with E-state index in [2.05, 4.69) is 0 Å². The molecule has 0 aliphatic rings. The number of carbonyl (C=O) groups is 1. The minimum Gasteiger partial charge on any atom is -0.493 e. The molecule has 0 saturated carbocycles. The van der Waals surface area contributed by atoms with E-state index in [4.69, 9.17) is 9.84 Å². The fourth-order valence-electron chi connectivity index (χ4n) is 1.17. The highest BCUT2D eigenvalue weighted by molar-refractivity contribution is 5.71. The first kappa shape index (κ1) is 14.5. The van der Waals surface area contributed by atoms with Crippen LogP contribution in [0.5, 0.6) is 5.75 Å². The van der Waals surface area contributed by atoms with Crippen LogP contribution in [0, 0.1) is 0 Å². The molecular formula is C13H20O3. The van der Waals surface area contributed by atoms with Crippen LogP contribution < -0.4 is 4.74 Å². The van der Waals surface area contributed by atoms with Crippen molar-refractivity contribution < 1.29 is 14.6 Å². The summed E-state index contributed by atoms with van der Waals surface area (Å²) in [4.78, 5) is 10.5. The average Bonchev–Trinajstić information content (AvgIpc) is 2.30. The Morgan fingerprint density at radius 1 is 1.31 bits per heavy atom. The predicted octanol–water partition coefficient (Wildman–Crippen LogP) is 3.13. The molecule has 0 aliphatic heterocycles. The Balaban J connectivity index is 0.00000106. The molecule has 90 valence electrons. The van der Waals surface area contributed by atoms with Crippen LogP contribution in [0.1, 0.15) is 32.8 Å². The average molecular weight is 224 g/mol. The molecule has 1 aromatic carbocycles. The minimum absolute atomic E-state index is 0.0138. The van der Waals surface area contributed by atoms with Crippen LogP contribution in [0.25, 0.3) is 0 Å². The molecule has 1 rings (SSSR count). The molecule has 0 unspecified atom stereocenters. The van der Waals surface area contributed by atoms with Gasteiger partial charge in [-0.1, -0.05) is 39.0 Å². The molecule has 0 spiro atoms. The van der Waals surface area contributed by atoms with Gasteiger partial charge in [-0.15, -0.1) is 0 Å². The van der Waals surface area contributed by atoms with Crippen LogP contribution in [0.2, 0.25) is 0 Å². The molecule has 0 fully saturated rings. The zero-order chi connectivity index (χ0) is 12.4. The number of rotatable bonds is 5. The summed E-state index contributed by atoms with van der Waals surface area (Å²) >= 11 is 0. The molecule has 0 amide bonds. The van der Waals surface area contributed by atoms with Gasteiger partial charge in [-0.05, 0) is 12.5 Å². The Labute approximate surface area is 97.1 Å². The van der Waals surface area contributed by atoms with Crippen molar-refractivity contribution in [1.29, 1.82) is 0 Å². The van der Waals surface area contributed by atoms with E-state index >= 15 is 0 Å².